The van der Waals surface area contributed by atoms with Crippen LogP contribution in [0.4, 0.5) is 5.69 Å². The quantitative estimate of drug-likeness (QED) is 0.355. The van der Waals surface area contributed by atoms with Crippen molar-refractivity contribution in [1.29, 1.82) is 0 Å². The Balaban J connectivity index is 0.00000162. The summed E-state index contributed by atoms with van der Waals surface area (Å²) in [5, 5.41) is 10.6. The van der Waals surface area contributed by atoms with Gasteiger partial charge in [0.2, 0.25) is 0 Å². The highest BCUT2D eigenvalue weighted by Gasteiger charge is 2.12. The van der Waals surface area contributed by atoms with Crippen molar-refractivity contribution in [2.45, 2.75) is 0 Å². The fourth-order valence-electron chi connectivity index (χ4n) is 1.52. The zero-order valence-electron chi connectivity index (χ0n) is 8.87. The third-order valence-electron chi connectivity index (χ3n) is 2.36. The van der Waals surface area contributed by atoms with Gasteiger partial charge in [0.1, 0.15) is 0 Å². The van der Waals surface area contributed by atoms with E-state index in [1.165, 1.54) is 18.2 Å². The molecule has 5 heteroatoms. The molecule has 4 nitrogen and oxygen atoms in total. The molecular formula is C13H12BNO3. The Morgan fingerprint density at radius 1 is 0.944 bits per heavy atom. The van der Waals surface area contributed by atoms with E-state index >= 15 is 0 Å². The van der Waals surface area contributed by atoms with Crippen LogP contribution in [0.1, 0.15) is 15.9 Å². The summed E-state index contributed by atoms with van der Waals surface area (Å²) in [5.41, 5.74) is 0.769. The Labute approximate surface area is 106 Å². The Morgan fingerprint density at radius 2 is 1.56 bits per heavy atom. The maximum absolute atomic E-state index is 12.0. The van der Waals surface area contributed by atoms with Gasteiger partial charge < -0.3 is 0 Å². The first-order valence-electron chi connectivity index (χ1n) is 5.02. The van der Waals surface area contributed by atoms with Gasteiger partial charge in [-0.05, 0) is 0 Å². The van der Waals surface area contributed by atoms with Crippen LogP contribution < -0.4 is 0 Å². The number of non-ortho nitro benzene ring substituents is 1. The molecule has 90 valence electrons. The number of hydrogen-bond donors (Lipinski definition) is 0. The van der Waals surface area contributed by atoms with Gasteiger partial charge in [-0.15, -0.1) is 0 Å². The third kappa shape index (κ3) is 2.82. The second-order valence-corrected chi connectivity index (χ2v) is 3.50. The summed E-state index contributed by atoms with van der Waals surface area (Å²) in [6.45, 7) is 0. The molecule has 0 atom stereocenters. The molecule has 0 fully saturated rings. The zero-order chi connectivity index (χ0) is 12.3. The number of carbonyl (C=O) groups is 1. The van der Waals surface area contributed by atoms with Crippen molar-refractivity contribution in [3.63, 3.8) is 0 Å². The molecule has 0 saturated carbocycles. The molecule has 0 radical (unpaired) electrons. The van der Waals surface area contributed by atoms with E-state index in [9.17, 15) is 14.9 Å². The predicted octanol–water partition coefficient (Wildman–Crippen LogP) is 1.64. The average molecular weight is 241 g/mol. The van der Waals surface area contributed by atoms with E-state index in [0.29, 0.717) is 11.1 Å². The third-order valence-corrected chi connectivity index (χ3v) is 2.36. The summed E-state index contributed by atoms with van der Waals surface area (Å²) in [6.07, 6.45) is 0. The van der Waals surface area contributed by atoms with Gasteiger partial charge in [0.25, 0.3) is 5.69 Å². The lowest BCUT2D eigenvalue weighted by molar-refractivity contribution is -0.384. The van der Waals surface area contributed by atoms with Crippen LogP contribution in [0.3, 0.4) is 0 Å². The van der Waals surface area contributed by atoms with Crippen molar-refractivity contribution in [3.8, 4) is 0 Å². The fourth-order valence-corrected chi connectivity index (χ4v) is 1.52. The number of nitro groups is 1. The number of benzene rings is 2. The molecule has 0 aliphatic carbocycles. The minimum Gasteiger partial charge on any atom is -0.289 e. The van der Waals surface area contributed by atoms with Crippen LogP contribution in [0.2, 0.25) is 0 Å². The van der Waals surface area contributed by atoms with Crippen LogP contribution in [0, 0.1) is 10.1 Å². The van der Waals surface area contributed by atoms with Gasteiger partial charge in [0, 0.05) is 23.3 Å². The summed E-state index contributed by atoms with van der Waals surface area (Å²) in [6, 6.07) is 14.4. The van der Waals surface area contributed by atoms with E-state index in [2.05, 4.69) is 0 Å². The Morgan fingerprint density at radius 3 is 2.17 bits per heavy atom. The normalized spacial score (nSPS) is 9.33. The summed E-state index contributed by atoms with van der Waals surface area (Å²) in [5.74, 6) is -0.214. The molecule has 0 aromatic heterocycles. The van der Waals surface area contributed by atoms with Crippen LogP contribution in [-0.4, -0.2) is 19.1 Å². The number of nitro benzene ring substituents is 1. The van der Waals surface area contributed by atoms with E-state index in [-0.39, 0.29) is 19.9 Å². The van der Waals surface area contributed by atoms with Crippen LogP contribution in [0.5, 0.6) is 0 Å². The van der Waals surface area contributed by atoms with E-state index in [4.69, 9.17) is 0 Å². The SMILES string of the molecule is B.O=C(c1ccccc1)c1cccc([N+](=O)[O-])c1. The van der Waals surface area contributed by atoms with Crippen molar-refractivity contribution in [1.82, 2.24) is 0 Å². The van der Waals surface area contributed by atoms with Crippen molar-refractivity contribution in [2.24, 2.45) is 0 Å². The van der Waals surface area contributed by atoms with Gasteiger partial charge in [0.05, 0.1) is 13.3 Å². The van der Waals surface area contributed by atoms with Gasteiger partial charge in [-0.1, -0.05) is 42.5 Å². The van der Waals surface area contributed by atoms with Crippen molar-refractivity contribution >= 4 is 19.9 Å². The second-order valence-electron chi connectivity index (χ2n) is 3.50. The highest BCUT2D eigenvalue weighted by molar-refractivity contribution is 6.09. The van der Waals surface area contributed by atoms with Gasteiger partial charge in [-0.3, -0.25) is 14.9 Å². The molecule has 0 heterocycles. The summed E-state index contributed by atoms with van der Waals surface area (Å²) >= 11 is 0. The van der Waals surface area contributed by atoms with Crippen LogP contribution >= 0.6 is 0 Å². The zero-order valence-corrected chi connectivity index (χ0v) is 8.87. The number of hydrogen-bond acceptors (Lipinski definition) is 3. The molecule has 0 N–H and O–H groups in total. The Kier molecular flexibility index (Phi) is 4.37. The summed E-state index contributed by atoms with van der Waals surface area (Å²) < 4.78 is 0. The number of rotatable bonds is 3. The molecule has 2 rings (SSSR count). The largest absolute Gasteiger partial charge is 0.289 e. The lowest BCUT2D eigenvalue weighted by Gasteiger charge is -2.00. The second kappa shape index (κ2) is 5.77. The number of carbonyl (C=O) groups excluding carboxylic acids is 1. The fraction of sp³-hybridized carbons (Fsp3) is 0. The van der Waals surface area contributed by atoms with Gasteiger partial charge in [-0.2, -0.15) is 0 Å². The molecule has 2 aromatic rings. The highest BCUT2D eigenvalue weighted by Crippen LogP contribution is 2.16. The van der Waals surface area contributed by atoms with E-state index < -0.39 is 4.92 Å². The van der Waals surface area contributed by atoms with Crippen molar-refractivity contribution in [3.05, 3.63) is 75.8 Å². The molecule has 0 unspecified atom stereocenters. The lowest BCUT2D eigenvalue weighted by Crippen LogP contribution is -2.01. The molecule has 0 amide bonds. The van der Waals surface area contributed by atoms with E-state index in [1.54, 1.807) is 30.3 Å². The van der Waals surface area contributed by atoms with Crippen molar-refractivity contribution in [2.75, 3.05) is 0 Å². The first kappa shape index (κ1) is 13.6. The summed E-state index contributed by atoms with van der Waals surface area (Å²) in [4.78, 5) is 22.1. The van der Waals surface area contributed by atoms with E-state index in [0.717, 1.165) is 0 Å². The highest BCUT2D eigenvalue weighted by atomic mass is 16.6. The smallest absolute Gasteiger partial charge is 0.270 e. The van der Waals surface area contributed by atoms with Crippen LogP contribution in [-0.2, 0) is 0 Å². The van der Waals surface area contributed by atoms with Crippen LogP contribution in [0.15, 0.2) is 54.6 Å². The molecule has 0 bridgehead atoms. The first-order valence-corrected chi connectivity index (χ1v) is 5.02. The molecule has 2 aromatic carbocycles. The Hall–Kier alpha value is -2.43. The van der Waals surface area contributed by atoms with Gasteiger partial charge in [-0.25, -0.2) is 0 Å². The minimum atomic E-state index is -0.512. The predicted molar refractivity (Wildman–Crippen MR) is 72.9 cm³/mol. The monoisotopic (exact) mass is 241 g/mol. The van der Waals surface area contributed by atoms with Crippen molar-refractivity contribution < 1.29 is 9.72 Å². The standard InChI is InChI=1S/C13H9NO3.BH3/c15-13(10-5-2-1-3-6-10)11-7-4-8-12(9-11)14(16)17;/h1-9H;1H3. The van der Waals surface area contributed by atoms with Gasteiger partial charge >= 0.3 is 0 Å². The summed E-state index contributed by atoms with van der Waals surface area (Å²) in [7, 11) is 0. The van der Waals surface area contributed by atoms with Crippen LogP contribution in [0.25, 0.3) is 0 Å². The average Bonchev–Trinajstić information content (AvgIpc) is 2.39. The molecule has 0 saturated heterocycles. The number of nitrogens with zero attached hydrogens (tertiary/aromatic N) is 1. The minimum absolute atomic E-state index is 0. The Bertz CT molecular complexity index is 569. The maximum Gasteiger partial charge on any atom is 0.270 e. The first-order chi connectivity index (χ1) is 8.18. The molecule has 0 spiro atoms. The van der Waals surface area contributed by atoms with E-state index in [1.807, 2.05) is 6.07 Å². The number of ketones is 1. The molecular weight excluding hydrogens is 229 g/mol. The molecule has 0 aliphatic rings. The van der Waals surface area contributed by atoms with Gasteiger partial charge in [0.15, 0.2) is 5.78 Å². The maximum atomic E-state index is 12.0. The topological polar surface area (TPSA) is 60.2 Å². The molecule has 0 aliphatic heterocycles. The lowest BCUT2D eigenvalue weighted by atomic mass is 10.0. The molecule has 18 heavy (non-hydrogen) atoms.